The van der Waals surface area contributed by atoms with Crippen molar-refractivity contribution < 1.29 is 8.81 Å². The van der Waals surface area contributed by atoms with Crippen LogP contribution in [0.5, 0.6) is 0 Å². The van der Waals surface area contributed by atoms with Crippen LogP contribution in [0.3, 0.4) is 0 Å². The van der Waals surface area contributed by atoms with Crippen LogP contribution >= 0.6 is 0 Å². The average Bonchev–Trinajstić information content (AvgIpc) is 3.83. The predicted molar refractivity (Wildman–Crippen MR) is 239 cm³/mol. The maximum atomic E-state index is 14.5. The Bertz CT molecular complexity index is 3270. The van der Waals surface area contributed by atoms with E-state index in [4.69, 9.17) is 4.42 Å². The maximum Gasteiger partial charge on any atom is 0.143 e. The van der Waals surface area contributed by atoms with E-state index in [0.717, 1.165) is 88.7 Å². The summed E-state index contributed by atoms with van der Waals surface area (Å²) in [5.74, 6) is -0.239. The highest BCUT2D eigenvalue weighted by Crippen LogP contribution is 2.41. The Morgan fingerprint density at radius 1 is 0.379 bits per heavy atom. The smallest absolute Gasteiger partial charge is 0.143 e. The van der Waals surface area contributed by atoms with Gasteiger partial charge in [0.2, 0.25) is 0 Å². The standard InChI is InChI=1S/C54H35FN2O/c55-40-27-34-52-49(35-40)46-14-5-8-19-51(46)57(52)50-18-7-4-13-44(50)38-23-30-42(31-24-38)56(41-28-21-37(22-29-41)36-11-2-1-3-12-36)43-32-25-39(26-33-43)45-16-10-17-48-47-15-6-9-20-53(47)58-54(45)48/h1-35H. The van der Waals surface area contributed by atoms with Crippen LogP contribution in [0, 0.1) is 5.82 Å². The van der Waals surface area contributed by atoms with Gasteiger partial charge in [-0.3, -0.25) is 0 Å². The van der Waals surface area contributed by atoms with Gasteiger partial charge in [0, 0.05) is 49.7 Å². The van der Waals surface area contributed by atoms with Gasteiger partial charge < -0.3 is 13.9 Å². The molecule has 0 radical (unpaired) electrons. The number of para-hydroxylation sites is 4. The van der Waals surface area contributed by atoms with Crippen molar-refractivity contribution in [2.45, 2.75) is 0 Å². The van der Waals surface area contributed by atoms with Crippen LogP contribution in [0.4, 0.5) is 21.5 Å². The number of hydrogen-bond donors (Lipinski definition) is 0. The Morgan fingerprint density at radius 2 is 0.914 bits per heavy atom. The predicted octanol–water partition coefficient (Wildman–Crippen LogP) is 15.3. The van der Waals surface area contributed by atoms with Crippen LogP contribution in [0.25, 0.3) is 82.8 Å². The molecule has 0 saturated carbocycles. The first kappa shape index (κ1) is 33.6. The van der Waals surface area contributed by atoms with Gasteiger partial charge in [0.25, 0.3) is 0 Å². The summed E-state index contributed by atoms with van der Waals surface area (Å²) in [5, 5.41) is 4.16. The van der Waals surface area contributed by atoms with Crippen LogP contribution in [0.15, 0.2) is 217 Å². The molecule has 3 nitrogen and oxygen atoms in total. The van der Waals surface area contributed by atoms with E-state index >= 15 is 0 Å². The second-order valence-corrected chi connectivity index (χ2v) is 14.7. The molecule has 0 aliphatic rings. The molecule has 0 unspecified atom stereocenters. The number of anilines is 3. The van der Waals surface area contributed by atoms with Gasteiger partial charge in [-0.15, -0.1) is 0 Å². The van der Waals surface area contributed by atoms with Gasteiger partial charge in [-0.05, 0) is 95.1 Å². The zero-order valence-electron chi connectivity index (χ0n) is 31.4. The summed E-state index contributed by atoms with van der Waals surface area (Å²) >= 11 is 0. The van der Waals surface area contributed by atoms with E-state index in [1.807, 2.05) is 36.4 Å². The molecule has 0 N–H and O–H groups in total. The lowest BCUT2D eigenvalue weighted by Gasteiger charge is -2.26. The van der Waals surface area contributed by atoms with Crippen molar-refractivity contribution in [3.8, 4) is 39.1 Å². The molecule has 0 aliphatic carbocycles. The molecule has 4 heteroatoms. The lowest BCUT2D eigenvalue weighted by atomic mass is 10.0. The molecule has 274 valence electrons. The van der Waals surface area contributed by atoms with E-state index in [2.05, 4.69) is 173 Å². The zero-order chi connectivity index (χ0) is 38.6. The van der Waals surface area contributed by atoms with Crippen LogP contribution in [-0.4, -0.2) is 4.57 Å². The summed E-state index contributed by atoms with van der Waals surface area (Å²) in [4.78, 5) is 2.30. The topological polar surface area (TPSA) is 21.3 Å². The van der Waals surface area contributed by atoms with Gasteiger partial charge in [-0.1, -0.05) is 140 Å². The fourth-order valence-corrected chi connectivity index (χ4v) is 8.55. The highest BCUT2D eigenvalue weighted by Gasteiger charge is 2.18. The van der Waals surface area contributed by atoms with E-state index in [1.165, 1.54) is 11.1 Å². The minimum Gasteiger partial charge on any atom is -0.455 e. The van der Waals surface area contributed by atoms with Gasteiger partial charge in [0.15, 0.2) is 0 Å². The third kappa shape index (κ3) is 5.65. The first-order chi connectivity index (χ1) is 28.7. The van der Waals surface area contributed by atoms with E-state index in [1.54, 1.807) is 12.1 Å². The summed E-state index contributed by atoms with van der Waals surface area (Å²) < 4.78 is 23.2. The second kappa shape index (κ2) is 13.8. The van der Waals surface area contributed by atoms with Crippen LogP contribution < -0.4 is 4.90 Å². The summed E-state index contributed by atoms with van der Waals surface area (Å²) in [5.41, 5.74) is 14.6. The number of rotatable bonds is 7. The van der Waals surface area contributed by atoms with E-state index in [9.17, 15) is 4.39 Å². The molecule has 58 heavy (non-hydrogen) atoms. The summed E-state index contributed by atoms with van der Waals surface area (Å²) in [6, 6.07) is 73.1. The Hall–Kier alpha value is -7.69. The molecule has 2 heterocycles. The lowest BCUT2D eigenvalue weighted by Crippen LogP contribution is -2.09. The van der Waals surface area contributed by atoms with Crippen molar-refractivity contribution in [2.75, 3.05) is 4.90 Å². The Labute approximate surface area is 335 Å². The molecule has 11 aromatic rings. The molecular formula is C54H35FN2O. The zero-order valence-corrected chi connectivity index (χ0v) is 31.4. The van der Waals surface area contributed by atoms with Crippen LogP contribution in [0.2, 0.25) is 0 Å². The molecule has 0 saturated heterocycles. The Kier molecular flexibility index (Phi) is 8.00. The molecule has 0 aliphatic heterocycles. The highest BCUT2D eigenvalue weighted by atomic mass is 19.1. The number of halogens is 1. The minimum absolute atomic E-state index is 0.239. The third-order valence-electron chi connectivity index (χ3n) is 11.3. The number of furan rings is 1. The number of benzene rings is 9. The molecule has 0 amide bonds. The van der Waals surface area contributed by atoms with Gasteiger partial charge in [-0.2, -0.15) is 0 Å². The van der Waals surface area contributed by atoms with E-state index in [-0.39, 0.29) is 5.82 Å². The molecule has 0 bridgehead atoms. The summed E-state index contributed by atoms with van der Waals surface area (Å²) in [7, 11) is 0. The molecule has 11 rings (SSSR count). The van der Waals surface area contributed by atoms with Gasteiger partial charge >= 0.3 is 0 Å². The molecule has 0 atom stereocenters. The number of hydrogen-bond acceptors (Lipinski definition) is 2. The van der Waals surface area contributed by atoms with Crippen molar-refractivity contribution in [3.63, 3.8) is 0 Å². The SMILES string of the molecule is Fc1ccc2c(c1)c1ccccc1n2-c1ccccc1-c1ccc(N(c2ccc(-c3ccccc3)cc2)c2ccc(-c3cccc4c3oc3ccccc34)cc2)cc1. The monoisotopic (exact) mass is 746 g/mol. The quantitative estimate of drug-likeness (QED) is 0.162. The van der Waals surface area contributed by atoms with Crippen molar-refractivity contribution in [1.82, 2.24) is 4.57 Å². The average molecular weight is 747 g/mol. The van der Waals surface area contributed by atoms with Crippen molar-refractivity contribution >= 4 is 60.8 Å². The molecule has 0 spiro atoms. The van der Waals surface area contributed by atoms with Gasteiger partial charge in [-0.25, -0.2) is 4.39 Å². The number of fused-ring (bicyclic) bond motifs is 6. The first-order valence-corrected chi connectivity index (χ1v) is 19.5. The normalized spacial score (nSPS) is 11.5. The maximum absolute atomic E-state index is 14.5. The highest BCUT2D eigenvalue weighted by molar-refractivity contribution is 6.10. The van der Waals surface area contributed by atoms with Gasteiger partial charge in [0.1, 0.15) is 17.0 Å². The Morgan fingerprint density at radius 3 is 1.66 bits per heavy atom. The largest absolute Gasteiger partial charge is 0.455 e. The first-order valence-electron chi connectivity index (χ1n) is 19.5. The van der Waals surface area contributed by atoms with E-state index < -0.39 is 0 Å². The molecule has 2 aromatic heterocycles. The number of nitrogens with zero attached hydrogens (tertiary/aromatic N) is 2. The van der Waals surface area contributed by atoms with Crippen LogP contribution in [0.1, 0.15) is 0 Å². The molecular weight excluding hydrogens is 712 g/mol. The fourth-order valence-electron chi connectivity index (χ4n) is 8.55. The van der Waals surface area contributed by atoms with Gasteiger partial charge in [0.05, 0.1) is 16.7 Å². The number of aromatic nitrogens is 1. The Balaban J connectivity index is 1.00. The second-order valence-electron chi connectivity index (χ2n) is 14.7. The fraction of sp³-hybridized carbons (Fsp3) is 0. The van der Waals surface area contributed by atoms with Crippen molar-refractivity contribution in [1.29, 1.82) is 0 Å². The van der Waals surface area contributed by atoms with E-state index in [0.29, 0.717) is 0 Å². The van der Waals surface area contributed by atoms with Crippen molar-refractivity contribution in [3.05, 3.63) is 218 Å². The molecule has 9 aromatic carbocycles. The lowest BCUT2D eigenvalue weighted by molar-refractivity contribution is 0.629. The van der Waals surface area contributed by atoms with Crippen LogP contribution in [-0.2, 0) is 0 Å². The summed E-state index contributed by atoms with van der Waals surface area (Å²) in [6.45, 7) is 0. The third-order valence-corrected chi connectivity index (χ3v) is 11.3. The molecule has 0 fully saturated rings. The van der Waals surface area contributed by atoms with Crippen molar-refractivity contribution in [2.24, 2.45) is 0 Å². The minimum atomic E-state index is -0.239. The summed E-state index contributed by atoms with van der Waals surface area (Å²) in [6.07, 6.45) is 0.